The molecule has 0 N–H and O–H groups in total. The lowest BCUT2D eigenvalue weighted by atomic mass is 10.1. The predicted molar refractivity (Wildman–Crippen MR) is 83.9 cm³/mol. The summed E-state index contributed by atoms with van der Waals surface area (Å²) in [6.07, 6.45) is 3.82. The van der Waals surface area contributed by atoms with Gasteiger partial charge in [0.15, 0.2) is 5.65 Å². The smallest absolute Gasteiger partial charge is 0.163 e. The Balaban J connectivity index is 1.91. The monoisotopic (exact) mass is 271 g/mol. The third-order valence-corrected chi connectivity index (χ3v) is 3.52. The van der Waals surface area contributed by atoms with E-state index in [0.717, 1.165) is 28.0 Å². The van der Waals surface area contributed by atoms with Crippen LogP contribution < -0.4 is 0 Å². The van der Waals surface area contributed by atoms with Crippen molar-refractivity contribution in [2.24, 2.45) is 0 Å². The van der Waals surface area contributed by atoms with E-state index in [9.17, 15) is 0 Å². The molecule has 2 heterocycles. The SMILES string of the molecule is c1ccc(-c2ccn3ncc(-c4ccccc4)c3n2)cc1. The molecule has 0 aliphatic rings. The largest absolute Gasteiger partial charge is 0.228 e. The van der Waals surface area contributed by atoms with E-state index in [4.69, 9.17) is 4.98 Å². The number of rotatable bonds is 2. The standard InChI is InChI=1S/C18H13N3/c1-3-7-14(8-4-1)16-13-19-21-12-11-17(20-18(16)21)15-9-5-2-6-10-15/h1-13H. The maximum atomic E-state index is 4.78. The Morgan fingerprint density at radius 2 is 1.38 bits per heavy atom. The molecule has 0 unspecified atom stereocenters. The van der Waals surface area contributed by atoms with Crippen LogP contribution in [0.5, 0.6) is 0 Å². The fourth-order valence-electron chi connectivity index (χ4n) is 2.46. The Bertz CT molecular complexity index is 880. The Hall–Kier alpha value is -2.94. The Kier molecular flexibility index (Phi) is 2.75. The molecule has 0 aliphatic heterocycles. The zero-order valence-electron chi connectivity index (χ0n) is 11.3. The molecule has 3 heteroatoms. The fraction of sp³-hybridized carbons (Fsp3) is 0. The quantitative estimate of drug-likeness (QED) is 0.550. The van der Waals surface area contributed by atoms with Crippen LogP contribution in [0.4, 0.5) is 0 Å². The molecule has 4 rings (SSSR count). The summed E-state index contributed by atoms with van der Waals surface area (Å²) >= 11 is 0. The van der Waals surface area contributed by atoms with Gasteiger partial charge in [-0.2, -0.15) is 5.10 Å². The van der Waals surface area contributed by atoms with Gasteiger partial charge in [0.2, 0.25) is 0 Å². The summed E-state index contributed by atoms with van der Waals surface area (Å²) < 4.78 is 1.81. The minimum atomic E-state index is 0.877. The average molecular weight is 271 g/mol. The molecule has 0 saturated carbocycles. The van der Waals surface area contributed by atoms with Crippen LogP contribution >= 0.6 is 0 Å². The molecule has 4 aromatic rings. The summed E-state index contributed by atoms with van der Waals surface area (Å²) in [6.45, 7) is 0. The van der Waals surface area contributed by atoms with Gasteiger partial charge in [0.1, 0.15) is 0 Å². The summed E-state index contributed by atoms with van der Waals surface area (Å²) in [6, 6.07) is 22.4. The van der Waals surface area contributed by atoms with Gasteiger partial charge in [-0.15, -0.1) is 0 Å². The third-order valence-electron chi connectivity index (χ3n) is 3.52. The zero-order chi connectivity index (χ0) is 14.1. The molecule has 100 valence electrons. The van der Waals surface area contributed by atoms with Crippen LogP contribution in [0.15, 0.2) is 79.1 Å². The van der Waals surface area contributed by atoms with Crippen LogP contribution in [-0.2, 0) is 0 Å². The van der Waals surface area contributed by atoms with Crippen LogP contribution in [0.25, 0.3) is 28.0 Å². The van der Waals surface area contributed by atoms with Gasteiger partial charge in [-0.1, -0.05) is 60.7 Å². The lowest BCUT2D eigenvalue weighted by Gasteiger charge is -2.03. The van der Waals surface area contributed by atoms with E-state index in [0.29, 0.717) is 0 Å². The average Bonchev–Trinajstić information content (AvgIpc) is 2.99. The van der Waals surface area contributed by atoms with Gasteiger partial charge < -0.3 is 0 Å². The van der Waals surface area contributed by atoms with E-state index in [1.165, 1.54) is 0 Å². The lowest BCUT2D eigenvalue weighted by Crippen LogP contribution is -1.92. The molecule has 0 amide bonds. The normalized spacial score (nSPS) is 10.9. The highest BCUT2D eigenvalue weighted by Gasteiger charge is 2.09. The molecule has 0 saturated heterocycles. The molecule has 0 atom stereocenters. The molecule has 21 heavy (non-hydrogen) atoms. The second-order valence-electron chi connectivity index (χ2n) is 4.87. The first kappa shape index (κ1) is 11.9. The van der Waals surface area contributed by atoms with Crippen LogP contribution in [0.1, 0.15) is 0 Å². The van der Waals surface area contributed by atoms with E-state index in [1.54, 1.807) is 0 Å². The third kappa shape index (κ3) is 2.09. The van der Waals surface area contributed by atoms with Gasteiger partial charge in [0, 0.05) is 17.3 Å². The molecule has 0 aliphatic carbocycles. The molecule has 0 spiro atoms. The second-order valence-corrected chi connectivity index (χ2v) is 4.87. The van der Waals surface area contributed by atoms with E-state index >= 15 is 0 Å². The number of hydrogen-bond acceptors (Lipinski definition) is 2. The van der Waals surface area contributed by atoms with Crippen molar-refractivity contribution in [3.63, 3.8) is 0 Å². The molecule has 0 bridgehead atoms. The number of benzene rings is 2. The highest BCUT2D eigenvalue weighted by Crippen LogP contribution is 2.25. The maximum absolute atomic E-state index is 4.78. The number of fused-ring (bicyclic) bond motifs is 1. The van der Waals surface area contributed by atoms with Crippen LogP contribution in [0.2, 0.25) is 0 Å². The fourth-order valence-corrected chi connectivity index (χ4v) is 2.46. The number of nitrogens with zero attached hydrogens (tertiary/aromatic N) is 3. The second kappa shape index (κ2) is 4.87. The predicted octanol–water partition coefficient (Wildman–Crippen LogP) is 4.06. The van der Waals surface area contributed by atoms with Crippen LogP contribution in [0.3, 0.4) is 0 Å². The maximum Gasteiger partial charge on any atom is 0.163 e. The van der Waals surface area contributed by atoms with E-state index in [-0.39, 0.29) is 0 Å². The van der Waals surface area contributed by atoms with Crippen LogP contribution in [-0.4, -0.2) is 14.6 Å². The van der Waals surface area contributed by atoms with Crippen LogP contribution in [0, 0.1) is 0 Å². The number of aromatic nitrogens is 3. The summed E-state index contributed by atoms with van der Waals surface area (Å²) in [5, 5.41) is 4.38. The number of hydrogen-bond donors (Lipinski definition) is 0. The first-order chi connectivity index (χ1) is 10.4. The summed E-state index contributed by atoms with van der Waals surface area (Å²) in [5.74, 6) is 0. The molecular formula is C18H13N3. The summed E-state index contributed by atoms with van der Waals surface area (Å²) in [7, 11) is 0. The molecule has 2 aromatic carbocycles. The molecular weight excluding hydrogens is 258 g/mol. The van der Waals surface area contributed by atoms with Crippen molar-refractivity contribution < 1.29 is 0 Å². The van der Waals surface area contributed by atoms with Gasteiger partial charge in [0.05, 0.1) is 11.9 Å². The van der Waals surface area contributed by atoms with Crippen molar-refractivity contribution in [2.75, 3.05) is 0 Å². The van der Waals surface area contributed by atoms with Crippen molar-refractivity contribution in [1.29, 1.82) is 0 Å². The van der Waals surface area contributed by atoms with Crippen molar-refractivity contribution in [3.8, 4) is 22.4 Å². The zero-order valence-corrected chi connectivity index (χ0v) is 11.3. The Morgan fingerprint density at radius 3 is 2.10 bits per heavy atom. The van der Waals surface area contributed by atoms with E-state index in [2.05, 4.69) is 29.4 Å². The van der Waals surface area contributed by atoms with Gasteiger partial charge in [-0.05, 0) is 11.6 Å². The topological polar surface area (TPSA) is 30.2 Å². The highest BCUT2D eigenvalue weighted by atomic mass is 15.2. The molecule has 2 aromatic heterocycles. The molecule has 0 fully saturated rings. The van der Waals surface area contributed by atoms with Gasteiger partial charge in [0.25, 0.3) is 0 Å². The van der Waals surface area contributed by atoms with Crippen molar-refractivity contribution in [2.45, 2.75) is 0 Å². The first-order valence-electron chi connectivity index (χ1n) is 6.87. The van der Waals surface area contributed by atoms with Crippen molar-refractivity contribution in [3.05, 3.63) is 79.1 Å². The minimum absolute atomic E-state index is 0.877. The first-order valence-corrected chi connectivity index (χ1v) is 6.87. The van der Waals surface area contributed by atoms with E-state index in [1.807, 2.05) is 59.4 Å². The van der Waals surface area contributed by atoms with Gasteiger partial charge >= 0.3 is 0 Å². The summed E-state index contributed by atoms with van der Waals surface area (Å²) in [5.41, 5.74) is 5.13. The minimum Gasteiger partial charge on any atom is -0.228 e. The Morgan fingerprint density at radius 1 is 0.714 bits per heavy atom. The lowest BCUT2D eigenvalue weighted by molar-refractivity contribution is 0.941. The molecule has 3 nitrogen and oxygen atoms in total. The summed E-state index contributed by atoms with van der Waals surface area (Å²) in [4.78, 5) is 4.78. The van der Waals surface area contributed by atoms with Crippen molar-refractivity contribution in [1.82, 2.24) is 14.6 Å². The van der Waals surface area contributed by atoms with E-state index < -0.39 is 0 Å². The van der Waals surface area contributed by atoms with Gasteiger partial charge in [-0.3, -0.25) is 0 Å². The van der Waals surface area contributed by atoms with Gasteiger partial charge in [-0.25, -0.2) is 9.50 Å². The molecule has 0 radical (unpaired) electrons. The van der Waals surface area contributed by atoms with Crippen molar-refractivity contribution >= 4 is 5.65 Å². The highest BCUT2D eigenvalue weighted by molar-refractivity contribution is 5.78. The Labute approximate surface area is 122 Å².